The molecule has 2 unspecified atom stereocenters. The van der Waals surface area contributed by atoms with Crippen LogP contribution in [0.1, 0.15) is 106 Å². The Morgan fingerprint density at radius 3 is 1.31 bits per heavy atom. The van der Waals surface area contributed by atoms with Gasteiger partial charge in [0.1, 0.15) is 51.2 Å². The number of likely N-dealkylation sites (N-methyl/N-ethyl adjacent to an activating group) is 1. The van der Waals surface area contributed by atoms with Crippen molar-refractivity contribution >= 4 is 67.9 Å². The Hall–Kier alpha value is -11.6. The number of carbonyl (C=O) groups excluding carboxylic acids is 3. The lowest BCUT2D eigenvalue weighted by Crippen LogP contribution is -2.40. The molecule has 17 rings (SSSR count). The monoisotopic (exact) mass is 1470 g/mol. The van der Waals surface area contributed by atoms with Gasteiger partial charge in [0, 0.05) is 87.0 Å². The average molecular weight is 1470 g/mol. The fourth-order valence-electron chi connectivity index (χ4n) is 16.0. The minimum atomic E-state index is -0.372. The number of ether oxygens (including phenoxy) is 4. The molecule has 3 aliphatic carbocycles. The third-order valence-electron chi connectivity index (χ3n) is 21.4. The zero-order valence-electron chi connectivity index (χ0n) is 59.9. The molecule has 108 heavy (non-hydrogen) atoms. The highest BCUT2D eigenvalue weighted by atomic mass is 16.7. The highest BCUT2D eigenvalue weighted by Gasteiger charge is 2.47. The number of nitrogens with zero attached hydrogens (tertiary/aromatic N) is 13. The van der Waals surface area contributed by atoms with Gasteiger partial charge in [0.15, 0.2) is 23.7 Å². The van der Waals surface area contributed by atoms with E-state index in [9.17, 15) is 28.8 Å². The topological polar surface area (TPSA) is 370 Å². The standard InChI is InChI=1S/C31H35N7O3.C25H28N6O3.C22H24N6O4.CH4/c1-36(2)15-6-10-26(39)37-16-5-9-23(19-37)38-29-27(30(32)33-34-31(29)40)28(35-38)20-11-13-24(14-12-20)41-25-17-21-7-3-4-8-22(21)18-25;1-2-20(32)30-9-3-4-17(13-30)31-23-21(24(26)27-28-25(23)33)22(29-31)14-5-7-18(8-6-14)34-19-11-15-10-16(15)12-19;1-2-16(29)27-9-3-4-15(12-27)28-19-17(20(23)24-25-21(19)30)18(26-28)13-5-7-14(8-6-13)22-31-10-11-32-22;/h3-4,6-8,10-14,23,25H,5,9,15-19H2,1-2H3,(H2,32,33)(H,34,40);2,5-8,15-17,19H,1,3-4,9-13H2,(H2,26,27)(H,28,33);2,5-8,15,22H,1,3-4,9-12H2,(H2,23,24)(H,25,30);1H4/b10-6+;;;/t23-;15?,16?,17-,19?;15-;/m111./s1. The first-order valence-corrected chi connectivity index (χ1v) is 36.6. The van der Waals surface area contributed by atoms with Crippen molar-refractivity contribution in [3.05, 3.63) is 182 Å². The molecular formula is C79H91N19O10. The minimum Gasteiger partial charge on any atom is -0.490 e. The summed E-state index contributed by atoms with van der Waals surface area (Å²) in [6.07, 6.45) is 16.4. The van der Waals surface area contributed by atoms with Gasteiger partial charge in [-0.2, -0.15) is 30.6 Å². The van der Waals surface area contributed by atoms with E-state index in [4.69, 9.17) is 51.4 Å². The van der Waals surface area contributed by atoms with E-state index in [0.717, 1.165) is 110 Å². The molecule has 0 radical (unpaired) electrons. The van der Waals surface area contributed by atoms with E-state index in [0.29, 0.717) is 115 Å². The number of amides is 3. The molecule has 5 atom stereocenters. The molecule has 29 nitrogen and oxygen atoms in total. The van der Waals surface area contributed by atoms with Crippen LogP contribution in [0.25, 0.3) is 66.5 Å². The van der Waals surface area contributed by atoms with Crippen molar-refractivity contribution in [1.29, 1.82) is 0 Å². The van der Waals surface area contributed by atoms with Crippen molar-refractivity contribution in [3.8, 4) is 45.3 Å². The number of fused-ring (bicyclic) bond motifs is 5. The predicted octanol–water partition coefficient (Wildman–Crippen LogP) is 8.49. The Morgan fingerprint density at radius 1 is 0.537 bits per heavy atom. The molecule has 6 aromatic heterocycles. The first-order chi connectivity index (χ1) is 51.9. The summed E-state index contributed by atoms with van der Waals surface area (Å²) in [4.78, 5) is 83.2. The number of likely N-dealkylation sites (tertiary alicyclic amines) is 3. The van der Waals surface area contributed by atoms with Crippen LogP contribution in [0.5, 0.6) is 11.5 Å². The number of rotatable bonds is 16. The number of aromatic nitrogens is 12. The summed E-state index contributed by atoms with van der Waals surface area (Å²) in [5.41, 5.74) is 26.5. The van der Waals surface area contributed by atoms with Crippen LogP contribution in [-0.4, -0.2) is 183 Å². The summed E-state index contributed by atoms with van der Waals surface area (Å²) in [6, 6.07) is 31.2. The molecule has 562 valence electrons. The zero-order valence-corrected chi connectivity index (χ0v) is 59.9. The lowest BCUT2D eigenvalue weighted by Gasteiger charge is -2.32. The van der Waals surface area contributed by atoms with Gasteiger partial charge in [-0.05, 0) is 156 Å². The number of carbonyl (C=O) groups is 3. The Kier molecular flexibility index (Phi) is 21.4. The molecule has 6 fully saturated rings. The van der Waals surface area contributed by atoms with Crippen molar-refractivity contribution in [2.75, 3.05) is 90.3 Å². The molecule has 4 saturated heterocycles. The number of hydrogen-bond donors (Lipinski definition) is 6. The number of nitrogens with one attached hydrogen (secondary N) is 3. The molecular weight excluding hydrogens is 1370 g/mol. The molecule has 10 heterocycles. The molecule has 29 heteroatoms. The van der Waals surface area contributed by atoms with Crippen molar-refractivity contribution in [2.24, 2.45) is 11.8 Å². The Bertz CT molecular complexity index is 5190. The van der Waals surface area contributed by atoms with E-state index in [2.05, 4.69) is 68.0 Å². The maximum absolute atomic E-state index is 13.0. The first kappa shape index (κ1) is 73.3. The Labute approximate surface area is 622 Å². The van der Waals surface area contributed by atoms with Gasteiger partial charge in [0.2, 0.25) is 17.7 Å². The zero-order chi connectivity index (χ0) is 74.1. The van der Waals surface area contributed by atoms with Gasteiger partial charge in [-0.1, -0.05) is 75.2 Å². The lowest BCUT2D eigenvalue weighted by atomic mass is 10.1. The summed E-state index contributed by atoms with van der Waals surface area (Å²) in [5, 5.41) is 35.5. The second-order valence-electron chi connectivity index (χ2n) is 28.8. The SMILES string of the molecule is C.C=CC(=O)N1CCC[C@@H](n2nc(-c3ccc(C4OCCO4)cc3)c3c(N)n[nH]c(=O)c32)C1.C=CC(=O)N1CCC[C@@H](n2nc(-c3ccc(OC4CC5CC5C4)cc3)c3c(N)n[nH]c(=O)c32)C1.CN(C)C/C=C/C(=O)N1CCC[C@@H](n2nc(-c3ccc(OC4Cc5ccccc5C4)cc3)c3c(N)n[nH]c(=O)c32)C1. The van der Waals surface area contributed by atoms with Gasteiger partial charge < -0.3 is 55.7 Å². The van der Waals surface area contributed by atoms with E-state index in [1.807, 2.05) is 103 Å². The van der Waals surface area contributed by atoms with Gasteiger partial charge >= 0.3 is 0 Å². The summed E-state index contributed by atoms with van der Waals surface area (Å²) in [7, 11) is 3.92. The van der Waals surface area contributed by atoms with Crippen LogP contribution in [0.15, 0.2) is 149 Å². The number of H-pyrrole nitrogens is 3. The third kappa shape index (κ3) is 15.1. The molecule has 3 amide bonds. The normalized spacial score (nSPS) is 20.6. The van der Waals surface area contributed by atoms with Crippen LogP contribution in [0.2, 0.25) is 0 Å². The fraction of sp³-hybridized carbons (Fsp3) is 0.392. The second kappa shape index (κ2) is 31.5. The summed E-state index contributed by atoms with van der Waals surface area (Å²) in [5.74, 6) is 3.69. The lowest BCUT2D eigenvalue weighted by molar-refractivity contribution is -0.128. The van der Waals surface area contributed by atoms with Crippen molar-refractivity contribution in [2.45, 2.75) is 115 Å². The Morgan fingerprint density at radius 2 is 0.917 bits per heavy atom. The molecule has 0 spiro atoms. The summed E-state index contributed by atoms with van der Waals surface area (Å²) >= 11 is 0. The van der Waals surface area contributed by atoms with Gasteiger partial charge in [-0.3, -0.25) is 42.8 Å². The maximum Gasteiger partial charge on any atom is 0.290 e. The number of nitrogen functional groups attached to an aromatic ring is 3. The van der Waals surface area contributed by atoms with E-state index >= 15 is 0 Å². The molecule has 7 aliphatic rings. The third-order valence-corrected chi connectivity index (χ3v) is 21.4. The summed E-state index contributed by atoms with van der Waals surface area (Å²) < 4.78 is 28.7. The Balaban J connectivity index is 0.000000136. The number of anilines is 3. The smallest absolute Gasteiger partial charge is 0.290 e. The number of benzene rings is 4. The van der Waals surface area contributed by atoms with Crippen LogP contribution in [0.4, 0.5) is 17.5 Å². The van der Waals surface area contributed by atoms with Crippen LogP contribution >= 0.6 is 0 Å². The number of nitrogens with two attached hydrogens (primary N) is 3. The number of aromatic amines is 3. The van der Waals surface area contributed by atoms with E-state index in [-0.39, 0.29) is 89.8 Å². The number of piperidine rings is 3. The van der Waals surface area contributed by atoms with Gasteiger partial charge in [-0.15, -0.1) is 0 Å². The van der Waals surface area contributed by atoms with Crippen LogP contribution < -0.4 is 43.4 Å². The van der Waals surface area contributed by atoms with Crippen LogP contribution in [0.3, 0.4) is 0 Å². The molecule has 2 saturated carbocycles. The van der Waals surface area contributed by atoms with Crippen LogP contribution in [-0.2, 0) is 36.7 Å². The van der Waals surface area contributed by atoms with Crippen LogP contribution in [0, 0.1) is 11.8 Å². The molecule has 4 aromatic carbocycles. The predicted molar refractivity (Wildman–Crippen MR) is 412 cm³/mol. The fourth-order valence-corrected chi connectivity index (χ4v) is 16.0. The van der Waals surface area contributed by atoms with Gasteiger partial charge in [-0.25, -0.2) is 15.3 Å². The first-order valence-electron chi connectivity index (χ1n) is 36.6. The maximum atomic E-state index is 13.0. The highest BCUT2D eigenvalue weighted by Crippen LogP contribution is 2.53. The second-order valence-corrected chi connectivity index (χ2v) is 28.8. The summed E-state index contributed by atoms with van der Waals surface area (Å²) in [6.45, 7) is 12.3. The van der Waals surface area contributed by atoms with Gasteiger partial charge in [0.05, 0.1) is 53.6 Å². The minimum absolute atomic E-state index is 0. The average Bonchev–Trinajstić information content (AvgIpc) is 1.60. The largest absolute Gasteiger partial charge is 0.490 e. The van der Waals surface area contributed by atoms with Crippen molar-refractivity contribution in [1.82, 2.24) is 79.5 Å². The highest BCUT2D eigenvalue weighted by molar-refractivity contribution is 6.02. The van der Waals surface area contributed by atoms with E-state index in [1.165, 1.54) is 29.7 Å². The quantitative estimate of drug-likeness (QED) is 0.0493. The molecule has 4 aliphatic heterocycles. The van der Waals surface area contributed by atoms with E-state index < -0.39 is 0 Å². The molecule has 10 aromatic rings. The van der Waals surface area contributed by atoms with Gasteiger partial charge in [0.25, 0.3) is 16.7 Å². The number of hydrogen-bond acceptors (Lipinski definition) is 20. The molecule has 9 N–H and O–H groups in total. The van der Waals surface area contributed by atoms with Crippen molar-refractivity contribution < 1.29 is 33.3 Å². The van der Waals surface area contributed by atoms with Crippen molar-refractivity contribution in [3.63, 3.8) is 0 Å². The molecule has 0 bridgehead atoms. The van der Waals surface area contributed by atoms with E-state index in [1.54, 1.807) is 29.9 Å².